The van der Waals surface area contributed by atoms with Gasteiger partial charge in [0.2, 0.25) is 0 Å². The topological polar surface area (TPSA) is 82.2 Å². The molecule has 2 atom stereocenters. The van der Waals surface area contributed by atoms with Gasteiger partial charge in [-0.15, -0.1) is 0 Å². The Bertz CT molecular complexity index is 1260. The summed E-state index contributed by atoms with van der Waals surface area (Å²) in [6.07, 6.45) is 0. The maximum absolute atomic E-state index is 13.3. The van der Waals surface area contributed by atoms with E-state index in [1.54, 1.807) is 32.2 Å². The van der Waals surface area contributed by atoms with E-state index in [1.165, 1.54) is 4.90 Å². The molecular formula is C28H32Cl2N4O4. The third-order valence-corrected chi connectivity index (χ3v) is 7.84. The molecule has 8 nitrogen and oxygen atoms in total. The van der Waals surface area contributed by atoms with Gasteiger partial charge in [-0.1, -0.05) is 53.0 Å². The van der Waals surface area contributed by atoms with Crippen molar-refractivity contribution in [2.45, 2.75) is 32.9 Å². The number of hydrogen-bond donors (Lipinski definition) is 1. The van der Waals surface area contributed by atoms with Crippen molar-refractivity contribution in [3.8, 4) is 0 Å². The van der Waals surface area contributed by atoms with Gasteiger partial charge in [0.05, 0.1) is 28.3 Å². The van der Waals surface area contributed by atoms with Crippen LogP contribution in [-0.4, -0.2) is 78.5 Å². The largest absolute Gasteiger partial charge is 0.463 e. The molecule has 0 bridgehead atoms. The van der Waals surface area contributed by atoms with E-state index in [0.29, 0.717) is 53.6 Å². The summed E-state index contributed by atoms with van der Waals surface area (Å²) in [6.45, 7) is 7.91. The molecule has 2 aliphatic rings. The molecule has 0 aliphatic carbocycles. The maximum Gasteiger partial charge on any atom is 0.338 e. The zero-order chi connectivity index (χ0) is 27.6. The molecule has 10 heteroatoms. The number of carbonyl (C=O) groups excluding carboxylic acids is 3. The number of benzene rings is 2. The first-order valence-electron chi connectivity index (χ1n) is 12.6. The van der Waals surface area contributed by atoms with Crippen molar-refractivity contribution in [2.75, 3.05) is 39.8 Å². The van der Waals surface area contributed by atoms with Crippen molar-refractivity contribution in [3.05, 3.63) is 80.5 Å². The summed E-state index contributed by atoms with van der Waals surface area (Å²) in [6, 6.07) is 11.4. The van der Waals surface area contributed by atoms with Gasteiger partial charge < -0.3 is 15.0 Å². The number of ether oxygens (including phenoxy) is 1. The first kappa shape index (κ1) is 28.0. The number of amides is 3. The SMILES string of the molecule is CCOC(=O)C1=C(CN2CCN(C(=O)c3ccc(C)cc3)[C@H](C)C2)N(C)C(=O)N[C@H]1c1cccc(Cl)c1Cl. The Morgan fingerprint density at radius 2 is 1.82 bits per heavy atom. The number of aryl methyl sites for hydroxylation is 1. The lowest BCUT2D eigenvalue weighted by molar-refractivity contribution is -0.139. The average molecular weight is 559 g/mol. The van der Waals surface area contributed by atoms with E-state index >= 15 is 0 Å². The summed E-state index contributed by atoms with van der Waals surface area (Å²) in [5.41, 5.74) is 3.11. The lowest BCUT2D eigenvalue weighted by Gasteiger charge is -2.42. The van der Waals surface area contributed by atoms with E-state index in [0.717, 1.165) is 5.56 Å². The lowest BCUT2D eigenvalue weighted by atomic mass is 9.94. The molecule has 2 aliphatic heterocycles. The average Bonchev–Trinajstić information content (AvgIpc) is 2.88. The van der Waals surface area contributed by atoms with Crippen LogP contribution in [0.2, 0.25) is 10.0 Å². The smallest absolute Gasteiger partial charge is 0.338 e. The van der Waals surface area contributed by atoms with Crippen LogP contribution in [0.4, 0.5) is 4.79 Å². The molecule has 2 aromatic rings. The van der Waals surface area contributed by atoms with Crippen LogP contribution in [0.25, 0.3) is 0 Å². The number of hydrogen-bond acceptors (Lipinski definition) is 5. The number of carbonyl (C=O) groups is 3. The predicted octanol–water partition coefficient (Wildman–Crippen LogP) is 4.66. The number of piperazine rings is 1. The summed E-state index contributed by atoms with van der Waals surface area (Å²) < 4.78 is 5.41. The third-order valence-electron chi connectivity index (χ3n) is 7.01. The van der Waals surface area contributed by atoms with Gasteiger partial charge in [-0.2, -0.15) is 0 Å². The van der Waals surface area contributed by atoms with Crippen LogP contribution in [0.5, 0.6) is 0 Å². The Morgan fingerprint density at radius 3 is 2.47 bits per heavy atom. The monoisotopic (exact) mass is 558 g/mol. The zero-order valence-electron chi connectivity index (χ0n) is 22.0. The highest BCUT2D eigenvalue weighted by Gasteiger charge is 2.39. The second-order valence-electron chi connectivity index (χ2n) is 9.61. The molecule has 1 saturated heterocycles. The molecule has 0 saturated carbocycles. The van der Waals surface area contributed by atoms with E-state index in [-0.39, 0.29) is 29.6 Å². The van der Waals surface area contributed by atoms with E-state index in [9.17, 15) is 14.4 Å². The van der Waals surface area contributed by atoms with Crippen molar-refractivity contribution >= 4 is 41.1 Å². The summed E-state index contributed by atoms with van der Waals surface area (Å²) in [5.74, 6) is -0.537. The fraction of sp³-hybridized carbons (Fsp3) is 0.393. The van der Waals surface area contributed by atoms with Crippen LogP contribution in [0.3, 0.4) is 0 Å². The van der Waals surface area contributed by atoms with Crippen LogP contribution >= 0.6 is 23.2 Å². The third kappa shape index (κ3) is 5.67. The molecule has 2 heterocycles. The highest BCUT2D eigenvalue weighted by molar-refractivity contribution is 6.42. The van der Waals surface area contributed by atoms with Crippen LogP contribution in [0.1, 0.15) is 41.4 Å². The van der Waals surface area contributed by atoms with Crippen molar-refractivity contribution in [1.29, 1.82) is 0 Å². The van der Waals surface area contributed by atoms with E-state index in [4.69, 9.17) is 27.9 Å². The number of nitrogens with one attached hydrogen (secondary N) is 1. The number of urea groups is 1. The lowest BCUT2D eigenvalue weighted by Crippen LogP contribution is -2.56. The van der Waals surface area contributed by atoms with Gasteiger partial charge in [0.15, 0.2) is 0 Å². The van der Waals surface area contributed by atoms with Crippen molar-refractivity contribution in [2.24, 2.45) is 0 Å². The highest BCUT2D eigenvalue weighted by atomic mass is 35.5. The first-order valence-corrected chi connectivity index (χ1v) is 13.4. The van der Waals surface area contributed by atoms with Crippen LogP contribution < -0.4 is 5.32 Å². The van der Waals surface area contributed by atoms with Gasteiger partial charge in [-0.05, 0) is 44.5 Å². The van der Waals surface area contributed by atoms with E-state index in [1.807, 2.05) is 43.0 Å². The van der Waals surface area contributed by atoms with Crippen molar-refractivity contribution < 1.29 is 19.1 Å². The molecule has 4 rings (SSSR count). The van der Waals surface area contributed by atoms with E-state index < -0.39 is 12.0 Å². The minimum atomic E-state index is -0.819. The number of rotatable bonds is 6. The Balaban J connectivity index is 1.62. The second kappa shape index (κ2) is 11.8. The van der Waals surface area contributed by atoms with Crippen LogP contribution in [-0.2, 0) is 9.53 Å². The molecule has 0 aromatic heterocycles. The molecule has 1 N–H and O–H groups in total. The van der Waals surface area contributed by atoms with Gasteiger partial charge in [-0.3, -0.25) is 14.6 Å². The Hall–Kier alpha value is -3.07. The van der Waals surface area contributed by atoms with Gasteiger partial charge in [-0.25, -0.2) is 9.59 Å². The molecule has 1 fully saturated rings. The van der Waals surface area contributed by atoms with E-state index in [2.05, 4.69) is 10.2 Å². The Kier molecular flexibility index (Phi) is 8.65. The maximum atomic E-state index is 13.3. The van der Waals surface area contributed by atoms with Gasteiger partial charge in [0, 0.05) is 50.5 Å². The molecule has 2 aromatic carbocycles. The quantitative estimate of drug-likeness (QED) is 0.521. The minimum Gasteiger partial charge on any atom is -0.463 e. The molecule has 3 amide bonds. The van der Waals surface area contributed by atoms with Gasteiger partial charge in [0.25, 0.3) is 5.91 Å². The Labute approximate surface area is 233 Å². The molecule has 0 unspecified atom stereocenters. The fourth-order valence-corrected chi connectivity index (χ4v) is 5.34. The summed E-state index contributed by atoms with van der Waals surface area (Å²) >= 11 is 12.8. The molecule has 202 valence electrons. The molecular weight excluding hydrogens is 527 g/mol. The summed E-state index contributed by atoms with van der Waals surface area (Å²) in [7, 11) is 1.63. The molecule has 0 radical (unpaired) electrons. The Morgan fingerprint density at radius 1 is 1.11 bits per heavy atom. The van der Waals surface area contributed by atoms with Gasteiger partial charge in [0.1, 0.15) is 0 Å². The predicted molar refractivity (Wildman–Crippen MR) is 147 cm³/mol. The minimum absolute atomic E-state index is 0.00611. The second-order valence-corrected chi connectivity index (χ2v) is 10.4. The van der Waals surface area contributed by atoms with Crippen LogP contribution in [0.15, 0.2) is 53.7 Å². The normalized spacial score (nSPS) is 20.4. The molecule has 38 heavy (non-hydrogen) atoms. The van der Waals surface area contributed by atoms with Crippen molar-refractivity contribution in [3.63, 3.8) is 0 Å². The zero-order valence-corrected chi connectivity index (χ0v) is 23.5. The van der Waals surface area contributed by atoms with Crippen LogP contribution in [0, 0.1) is 6.92 Å². The summed E-state index contributed by atoms with van der Waals surface area (Å²) in [5, 5.41) is 3.46. The summed E-state index contributed by atoms with van der Waals surface area (Å²) in [4.78, 5) is 44.9. The number of halogens is 2. The molecule has 0 spiro atoms. The van der Waals surface area contributed by atoms with Gasteiger partial charge >= 0.3 is 12.0 Å². The number of likely N-dealkylation sites (N-methyl/N-ethyl adjacent to an activating group) is 1. The fourth-order valence-electron chi connectivity index (χ4n) is 4.93. The number of nitrogens with zero attached hydrogens (tertiary/aromatic N) is 3. The first-order chi connectivity index (χ1) is 18.1. The standard InChI is InChI=1S/C28H32Cl2N4O4/c1-5-38-27(36)23-22(32(4)28(37)31-25(23)20-7-6-8-21(29)24(20)30)16-33-13-14-34(18(3)15-33)26(35)19-11-9-17(2)10-12-19/h6-12,18,25H,5,13-16H2,1-4H3,(H,31,37)/t18-,25+/m1/s1. The van der Waals surface area contributed by atoms with Crippen molar-refractivity contribution in [1.82, 2.24) is 20.0 Å². The number of esters is 1. The highest BCUT2D eigenvalue weighted by Crippen LogP contribution is 2.37.